The van der Waals surface area contributed by atoms with Crippen molar-refractivity contribution < 1.29 is 0 Å². The van der Waals surface area contributed by atoms with Crippen molar-refractivity contribution in [2.45, 2.75) is 0 Å². The third-order valence-corrected chi connectivity index (χ3v) is 7.60. The zero-order valence-corrected chi connectivity index (χ0v) is 22.0. The molecule has 0 spiro atoms. The van der Waals surface area contributed by atoms with E-state index in [1.54, 1.807) is 0 Å². The van der Waals surface area contributed by atoms with E-state index in [0.29, 0.717) is 0 Å². The average Bonchev–Trinajstić information content (AvgIpc) is 3.02. The Morgan fingerprint density at radius 2 is 0.875 bits per heavy atom. The van der Waals surface area contributed by atoms with Crippen molar-refractivity contribution in [2.75, 3.05) is 11.1 Å². The zero-order valence-electron chi connectivity index (χ0n) is 22.0. The maximum atomic E-state index is 6.16. The van der Waals surface area contributed by atoms with Crippen molar-refractivity contribution >= 4 is 38.6 Å². The Morgan fingerprint density at radius 3 is 1.50 bits per heavy atom. The van der Waals surface area contributed by atoms with E-state index in [0.717, 1.165) is 17.1 Å². The van der Waals surface area contributed by atoms with Gasteiger partial charge in [0.25, 0.3) is 0 Å². The van der Waals surface area contributed by atoms with Crippen molar-refractivity contribution in [3.8, 4) is 33.4 Å². The summed E-state index contributed by atoms with van der Waals surface area (Å²) in [6, 6.07) is 53.6. The number of hydrogen-bond acceptors (Lipinski definition) is 2. The molecule has 2 nitrogen and oxygen atoms in total. The van der Waals surface area contributed by atoms with Gasteiger partial charge in [0, 0.05) is 5.69 Å². The van der Waals surface area contributed by atoms with Gasteiger partial charge in [-0.1, -0.05) is 121 Å². The number of hydrogen-bond donors (Lipinski definition) is 2. The monoisotopic (exact) mass is 512 g/mol. The minimum Gasteiger partial charge on any atom is -0.397 e. The van der Waals surface area contributed by atoms with E-state index in [9.17, 15) is 0 Å². The predicted molar refractivity (Wildman–Crippen MR) is 172 cm³/mol. The van der Waals surface area contributed by atoms with Crippen LogP contribution in [-0.2, 0) is 0 Å². The van der Waals surface area contributed by atoms with Crippen LogP contribution in [0.4, 0.5) is 17.1 Å². The van der Waals surface area contributed by atoms with Crippen LogP contribution >= 0.6 is 0 Å². The van der Waals surface area contributed by atoms with Crippen LogP contribution in [0.3, 0.4) is 0 Å². The minimum absolute atomic E-state index is 0.732. The lowest BCUT2D eigenvalue weighted by Gasteiger charge is -2.18. The maximum Gasteiger partial charge on any atom is 0.0617 e. The molecule has 0 saturated carbocycles. The molecule has 0 amide bonds. The summed E-state index contributed by atoms with van der Waals surface area (Å²) in [5.74, 6) is 0. The van der Waals surface area contributed by atoms with E-state index in [2.05, 4.69) is 133 Å². The number of nitrogens with one attached hydrogen (secondary N) is 1. The zero-order chi connectivity index (χ0) is 26.9. The molecule has 0 saturated heterocycles. The summed E-state index contributed by atoms with van der Waals surface area (Å²) in [5, 5.41) is 8.44. The van der Waals surface area contributed by atoms with Crippen molar-refractivity contribution in [3.05, 3.63) is 152 Å². The van der Waals surface area contributed by atoms with E-state index in [1.165, 1.54) is 54.9 Å². The molecule has 0 aliphatic heterocycles. The fourth-order valence-electron chi connectivity index (χ4n) is 5.72. The standard InChI is InChI=1S/C38H28N2/c39-35-19-8-9-20-36(35)40-30-23-21-27(22-24-30)37-31-15-4-6-17-33(31)38(34-18-7-5-16-32(34)37)29-14-10-13-28(25-29)26-11-2-1-3-12-26/h1-25,40H,39H2. The Kier molecular flexibility index (Phi) is 5.99. The Morgan fingerprint density at radius 1 is 0.375 bits per heavy atom. The van der Waals surface area contributed by atoms with Crippen LogP contribution in [0, 0.1) is 0 Å². The second kappa shape index (κ2) is 10.1. The molecule has 0 fully saturated rings. The number of anilines is 3. The second-order valence-corrected chi connectivity index (χ2v) is 10.1. The first-order valence-corrected chi connectivity index (χ1v) is 13.6. The Balaban J connectivity index is 1.40. The van der Waals surface area contributed by atoms with E-state index in [4.69, 9.17) is 5.73 Å². The molecule has 0 aromatic heterocycles. The van der Waals surface area contributed by atoms with Crippen LogP contribution in [-0.4, -0.2) is 0 Å². The lowest BCUT2D eigenvalue weighted by Crippen LogP contribution is -1.96. The third kappa shape index (κ3) is 4.26. The molecule has 0 aliphatic rings. The molecule has 40 heavy (non-hydrogen) atoms. The van der Waals surface area contributed by atoms with Gasteiger partial charge in [-0.05, 0) is 85.3 Å². The van der Waals surface area contributed by atoms with Crippen LogP contribution in [0.15, 0.2) is 152 Å². The van der Waals surface area contributed by atoms with E-state index < -0.39 is 0 Å². The van der Waals surface area contributed by atoms with Crippen LogP contribution in [0.2, 0.25) is 0 Å². The van der Waals surface area contributed by atoms with Crippen LogP contribution in [0.5, 0.6) is 0 Å². The summed E-state index contributed by atoms with van der Waals surface area (Å²) in [6.45, 7) is 0. The fraction of sp³-hybridized carbons (Fsp3) is 0. The summed E-state index contributed by atoms with van der Waals surface area (Å²) in [6.07, 6.45) is 0. The van der Waals surface area contributed by atoms with E-state index >= 15 is 0 Å². The smallest absolute Gasteiger partial charge is 0.0617 e. The molecular weight excluding hydrogens is 484 g/mol. The third-order valence-electron chi connectivity index (χ3n) is 7.60. The highest BCUT2D eigenvalue weighted by atomic mass is 14.9. The van der Waals surface area contributed by atoms with E-state index in [-0.39, 0.29) is 0 Å². The highest BCUT2D eigenvalue weighted by Gasteiger charge is 2.16. The molecule has 3 N–H and O–H groups in total. The molecule has 0 unspecified atom stereocenters. The summed E-state index contributed by atoms with van der Waals surface area (Å²) < 4.78 is 0. The van der Waals surface area contributed by atoms with Crippen molar-refractivity contribution in [2.24, 2.45) is 0 Å². The molecule has 0 atom stereocenters. The molecule has 0 bridgehead atoms. The highest BCUT2D eigenvalue weighted by molar-refractivity contribution is 6.21. The van der Waals surface area contributed by atoms with Gasteiger partial charge in [-0.3, -0.25) is 0 Å². The first-order chi connectivity index (χ1) is 19.8. The van der Waals surface area contributed by atoms with Crippen LogP contribution in [0.1, 0.15) is 0 Å². The number of nitrogen functional groups attached to an aromatic ring is 1. The number of benzene rings is 7. The van der Waals surface area contributed by atoms with Crippen molar-refractivity contribution in [3.63, 3.8) is 0 Å². The van der Waals surface area contributed by atoms with Gasteiger partial charge < -0.3 is 11.1 Å². The summed E-state index contributed by atoms with van der Waals surface area (Å²) >= 11 is 0. The normalized spacial score (nSPS) is 11.1. The molecule has 2 heteroatoms. The topological polar surface area (TPSA) is 38.0 Å². The lowest BCUT2D eigenvalue weighted by molar-refractivity contribution is 1.54. The number of rotatable bonds is 5. The molecule has 7 aromatic rings. The highest BCUT2D eigenvalue weighted by Crippen LogP contribution is 2.44. The fourth-order valence-corrected chi connectivity index (χ4v) is 5.72. The second-order valence-electron chi connectivity index (χ2n) is 10.1. The molecule has 7 aromatic carbocycles. The van der Waals surface area contributed by atoms with Crippen LogP contribution in [0.25, 0.3) is 54.9 Å². The molecule has 0 aliphatic carbocycles. The Hall–Kier alpha value is -5.34. The van der Waals surface area contributed by atoms with Gasteiger partial charge in [-0.15, -0.1) is 0 Å². The summed E-state index contributed by atoms with van der Waals surface area (Å²) in [4.78, 5) is 0. The predicted octanol–water partition coefficient (Wildman–Crippen LogP) is 10.3. The van der Waals surface area contributed by atoms with Gasteiger partial charge in [-0.25, -0.2) is 0 Å². The number of para-hydroxylation sites is 2. The Bertz CT molecular complexity index is 1920. The maximum absolute atomic E-state index is 6.16. The summed E-state index contributed by atoms with van der Waals surface area (Å²) in [5.41, 5.74) is 16.2. The first kappa shape index (κ1) is 23.8. The molecular formula is C38H28N2. The molecule has 0 radical (unpaired) electrons. The van der Waals surface area contributed by atoms with Gasteiger partial charge >= 0.3 is 0 Å². The number of nitrogens with two attached hydrogens (primary N) is 1. The van der Waals surface area contributed by atoms with E-state index in [1.807, 2.05) is 24.3 Å². The van der Waals surface area contributed by atoms with Crippen LogP contribution < -0.4 is 11.1 Å². The Labute approximate surface area is 234 Å². The van der Waals surface area contributed by atoms with Crippen molar-refractivity contribution in [1.82, 2.24) is 0 Å². The van der Waals surface area contributed by atoms with Gasteiger partial charge in [0.1, 0.15) is 0 Å². The number of fused-ring (bicyclic) bond motifs is 2. The van der Waals surface area contributed by atoms with Gasteiger partial charge in [-0.2, -0.15) is 0 Å². The average molecular weight is 513 g/mol. The lowest BCUT2D eigenvalue weighted by atomic mass is 9.85. The van der Waals surface area contributed by atoms with Gasteiger partial charge in [0.05, 0.1) is 11.4 Å². The minimum atomic E-state index is 0.732. The summed E-state index contributed by atoms with van der Waals surface area (Å²) in [7, 11) is 0. The van der Waals surface area contributed by atoms with Gasteiger partial charge in [0.15, 0.2) is 0 Å². The first-order valence-electron chi connectivity index (χ1n) is 13.6. The van der Waals surface area contributed by atoms with Crippen molar-refractivity contribution in [1.29, 1.82) is 0 Å². The SMILES string of the molecule is Nc1ccccc1Nc1ccc(-c2c3ccccc3c(-c3cccc(-c4ccccc4)c3)c3ccccc23)cc1. The molecule has 7 rings (SSSR count). The molecule has 0 heterocycles. The van der Waals surface area contributed by atoms with Gasteiger partial charge in [0.2, 0.25) is 0 Å². The largest absolute Gasteiger partial charge is 0.397 e. The molecule has 190 valence electrons. The quantitative estimate of drug-likeness (QED) is 0.178.